The van der Waals surface area contributed by atoms with Gasteiger partial charge in [-0.3, -0.25) is 4.55 Å². The molecule has 0 amide bonds. The first-order chi connectivity index (χ1) is 12.9. The molecular formula is C20H14N2NaO4S. The van der Waals surface area contributed by atoms with Gasteiger partial charge in [0.25, 0.3) is 10.1 Å². The molecule has 2 N–H and O–H groups in total. The summed E-state index contributed by atoms with van der Waals surface area (Å²) in [5.41, 5.74) is 0.849. The van der Waals surface area contributed by atoms with Gasteiger partial charge >= 0.3 is 0 Å². The Balaban J connectivity index is 0.00000225. The van der Waals surface area contributed by atoms with Crippen LogP contribution < -0.4 is 0 Å². The Morgan fingerprint density at radius 1 is 0.679 bits per heavy atom. The van der Waals surface area contributed by atoms with Crippen LogP contribution in [-0.4, -0.2) is 47.6 Å². The Bertz CT molecular complexity index is 1320. The zero-order valence-electron chi connectivity index (χ0n) is 14.9. The maximum absolute atomic E-state index is 11.5. The number of nitrogens with zero attached hydrogens (tertiary/aromatic N) is 2. The second-order valence-electron chi connectivity index (χ2n) is 5.96. The van der Waals surface area contributed by atoms with E-state index in [0.29, 0.717) is 5.69 Å². The molecule has 4 rings (SSSR count). The largest absolute Gasteiger partial charge is 0.505 e. The fraction of sp³-hybridized carbons (Fsp3) is 0. The van der Waals surface area contributed by atoms with Crippen molar-refractivity contribution < 1.29 is 18.1 Å². The molecule has 135 valence electrons. The molecule has 28 heavy (non-hydrogen) atoms. The van der Waals surface area contributed by atoms with Gasteiger partial charge in [0, 0.05) is 45.7 Å². The molecule has 0 saturated carbocycles. The van der Waals surface area contributed by atoms with Gasteiger partial charge in [-0.15, -0.1) is 10.2 Å². The summed E-state index contributed by atoms with van der Waals surface area (Å²) in [5, 5.41) is 21.3. The topological polar surface area (TPSA) is 99.3 Å². The second kappa shape index (κ2) is 7.98. The molecule has 0 heterocycles. The summed E-state index contributed by atoms with van der Waals surface area (Å²) in [5.74, 6) is -0.206. The number of hydrogen-bond donors (Lipinski definition) is 2. The third-order valence-electron chi connectivity index (χ3n) is 4.28. The quantitative estimate of drug-likeness (QED) is 0.287. The molecule has 0 bridgehead atoms. The maximum atomic E-state index is 11.5. The fourth-order valence-electron chi connectivity index (χ4n) is 3.01. The number of benzene rings is 4. The van der Waals surface area contributed by atoms with E-state index in [1.54, 1.807) is 6.07 Å². The van der Waals surface area contributed by atoms with Crippen LogP contribution in [0.1, 0.15) is 0 Å². The van der Waals surface area contributed by atoms with Crippen LogP contribution >= 0.6 is 0 Å². The van der Waals surface area contributed by atoms with E-state index in [1.807, 2.05) is 42.5 Å². The van der Waals surface area contributed by atoms with Gasteiger partial charge < -0.3 is 5.11 Å². The van der Waals surface area contributed by atoms with Crippen LogP contribution in [-0.2, 0) is 10.1 Å². The van der Waals surface area contributed by atoms with Gasteiger partial charge in [-0.1, -0.05) is 54.6 Å². The average molecular weight is 401 g/mol. The normalized spacial score (nSPS) is 11.8. The average Bonchev–Trinajstić information content (AvgIpc) is 2.66. The van der Waals surface area contributed by atoms with Crippen molar-refractivity contribution in [2.45, 2.75) is 4.90 Å². The summed E-state index contributed by atoms with van der Waals surface area (Å²) >= 11 is 0. The summed E-state index contributed by atoms with van der Waals surface area (Å²) in [7, 11) is -4.40. The van der Waals surface area contributed by atoms with E-state index >= 15 is 0 Å². The number of phenolic OH excluding ortho intramolecular Hbond substituents is 1. The smallest absolute Gasteiger partial charge is 0.295 e. The molecule has 4 aromatic carbocycles. The number of fused-ring (bicyclic) bond motifs is 2. The second-order valence-corrected chi connectivity index (χ2v) is 7.35. The van der Waals surface area contributed by atoms with Gasteiger partial charge in [0.15, 0.2) is 5.75 Å². The van der Waals surface area contributed by atoms with E-state index in [0.717, 1.165) is 10.8 Å². The van der Waals surface area contributed by atoms with Crippen molar-refractivity contribution in [2.75, 3.05) is 0 Å². The van der Waals surface area contributed by atoms with Crippen LogP contribution in [0.25, 0.3) is 21.5 Å². The third kappa shape index (κ3) is 3.80. The molecule has 0 fully saturated rings. The van der Waals surface area contributed by atoms with Crippen molar-refractivity contribution >= 4 is 72.6 Å². The van der Waals surface area contributed by atoms with Crippen LogP contribution in [0.3, 0.4) is 0 Å². The Hall–Kier alpha value is -2.29. The predicted molar refractivity (Wildman–Crippen MR) is 109 cm³/mol. The standard InChI is InChI=1S/C20H14N2O4S.Na/c23-20-16-8-4-10-19(27(24,25)26)15(16)11-12-18(20)22-21-17-9-3-6-13-5-1-2-7-14(13)17;/h1-12,23H,(H,24,25,26);. The van der Waals surface area contributed by atoms with Crippen LogP contribution in [0.2, 0.25) is 0 Å². The monoisotopic (exact) mass is 401 g/mol. The molecule has 0 saturated heterocycles. The Morgan fingerprint density at radius 2 is 1.32 bits per heavy atom. The van der Waals surface area contributed by atoms with Gasteiger partial charge in [-0.25, -0.2) is 0 Å². The molecule has 0 aliphatic carbocycles. The van der Waals surface area contributed by atoms with E-state index in [9.17, 15) is 18.1 Å². The molecule has 1 radical (unpaired) electrons. The van der Waals surface area contributed by atoms with Crippen LogP contribution in [0.5, 0.6) is 5.75 Å². The van der Waals surface area contributed by atoms with Crippen molar-refractivity contribution in [1.29, 1.82) is 0 Å². The van der Waals surface area contributed by atoms with Crippen molar-refractivity contribution in [3.8, 4) is 5.75 Å². The van der Waals surface area contributed by atoms with Gasteiger partial charge in [0.05, 0.1) is 5.69 Å². The van der Waals surface area contributed by atoms with Gasteiger partial charge in [-0.05, 0) is 23.6 Å². The van der Waals surface area contributed by atoms with Gasteiger partial charge in [0.1, 0.15) is 10.6 Å². The van der Waals surface area contributed by atoms with E-state index in [1.165, 1.54) is 24.3 Å². The van der Waals surface area contributed by atoms with Crippen molar-refractivity contribution in [3.63, 3.8) is 0 Å². The van der Waals surface area contributed by atoms with Crippen LogP contribution in [0.15, 0.2) is 87.9 Å². The number of rotatable bonds is 3. The van der Waals surface area contributed by atoms with Crippen molar-refractivity contribution in [2.24, 2.45) is 10.2 Å². The fourth-order valence-corrected chi connectivity index (χ4v) is 3.72. The molecule has 6 nitrogen and oxygen atoms in total. The molecule has 0 aromatic heterocycles. The molecule has 0 aliphatic rings. The summed E-state index contributed by atoms with van der Waals surface area (Å²) in [4.78, 5) is -0.271. The predicted octanol–water partition coefficient (Wildman–Crippen LogP) is 4.98. The van der Waals surface area contributed by atoms with Crippen molar-refractivity contribution in [3.05, 3.63) is 72.8 Å². The van der Waals surface area contributed by atoms with Crippen LogP contribution in [0.4, 0.5) is 11.4 Å². The maximum Gasteiger partial charge on any atom is 0.295 e. The zero-order chi connectivity index (χ0) is 19.0. The molecule has 8 heteroatoms. The SMILES string of the molecule is O=S(=O)(O)c1cccc2c(O)c(N=Nc3cccc4ccccc34)ccc12.[Na]. The molecule has 0 spiro atoms. The Morgan fingerprint density at radius 3 is 2.11 bits per heavy atom. The van der Waals surface area contributed by atoms with Crippen LogP contribution in [0, 0.1) is 0 Å². The molecular weight excluding hydrogens is 387 g/mol. The van der Waals surface area contributed by atoms with E-state index < -0.39 is 10.1 Å². The van der Waals surface area contributed by atoms with E-state index in [2.05, 4.69) is 10.2 Å². The summed E-state index contributed by atoms with van der Waals surface area (Å²) in [6.07, 6.45) is 0. The zero-order valence-corrected chi connectivity index (χ0v) is 17.8. The summed E-state index contributed by atoms with van der Waals surface area (Å²) in [6, 6.07) is 20.6. The van der Waals surface area contributed by atoms with Gasteiger partial charge in [-0.2, -0.15) is 8.42 Å². The minimum atomic E-state index is -4.40. The van der Waals surface area contributed by atoms with E-state index in [4.69, 9.17) is 0 Å². The first-order valence-electron chi connectivity index (χ1n) is 8.07. The number of azo groups is 1. The minimum absolute atomic E-state index is 0. The molecule has 0 atom stereocenters. The number of aromatic hydroxyl groups is 1. The minimum Gasteiger partial charge on any atom is -0.505 e. The number of hydrogen-bond acceptors (Lipinski definition) is 5. The molecule has 0 unspecified atom stereocenters. The summed E-state index contributed by atoms with van der Waals surface area (Å²) in [6.45, 7) is 0. The summed E-state index contributed by atoms with van der Waals surface area (Å²) < 4.78 is 32.4. The van der Waals surface area contributed by atoms with Crippen molar-refractivity contribution in [1.82, 2.24) is 0 Å². The molecule has 0 aliphatic heterocycles. The Labute approximate surface area is 183 Å². The number of phenols is 1. The Kier molecular flexibility index (Phi) is 5.83. The molecule has 4 aromatic rings. The third-order valence-corrected chi connectivity index (χ3v) is 5.19. The van der Waals surface area contributed by atoms with E-state index in [-0.39, 0.29) is 56.7 Å². The van der Waals surface area contributed by atoms with Gasteiger partial charge in [0.2, 0.25) is 0 Å². The first kappa shape index (κ1) is 20.4. The first-order valence-corrected chi connectivity index (χ1v) is 9.51.